The van der Waals surface area contributed by atoms with Gasteiger partial charge in [0.05, 0.1) is 11.2 Å². The molecule has 0 spiro atoms. The van der Waals surface area contributed by atoms with Crippen molar-refractivity contribution in [2.45, 2.75) is 20.0 Å². The lowest BCUT2D eigenvalue weighted by Crippen LogP contribution is -2.00. The summed E-state index contributed by atoms with van der Waals surface area (Å²) in [6, 6.07) is 27.1. The van der Waals surface area contributed by atoms with Gasteiger partial charge in [0, 0.05) is 5.39 Å². The molecule has 2 heterocycles. The van der Waals surface area contributed by atoms with Crippen LogP contribution in [-0.2, 0) is 13.0 Å². The van der Waals surface area contributed by atoms with Gasteiger partial charge >= 0.3 is 0 Å². The number of para-hydroxylation sites is 1. The van der Waals surface area contributed by atoms with Crippen molar-refractivity contribution in [3.8, 4) is 5.75 Å². The third-order valence-electron chi connectivity index (χ3n) is 5.46. The monoisotopic (exact) mass is 433 g/mol. The van der Waals surface area contributed by atoms with Gasteiger partial charge in [-0.1, -0.05) is 66.7 Å². The first kappa shape index (κ1) is 20.6. The summed E-state index contributed by atoms with van der Waals surface area (Å²) in [6.07, 6.45) is 4.62. The van der Waals surface area contributed by atoms with Crippen molar-refractivity contribution in [2.75, 3.05) is 0 Å². The summed E-state index contributed by atoms with van der Waals surface area (Å²) in [5.41, 5.74) is 6.54. The Morgan fingerprint density at radius 1 is 0.879 bits per heavy atom. The zero-order valence-electron chi connectivity index (χ0n) is 18.3. The molecule has 5 aromatic rings. The van der Waals surface area contributed by atoms with Crippen LogP contribution in [0.5, 0.6) is 5.75 Å². The fourth-order valence-corrected chi connectivity index (χ4v) is 3.64. The van der Waals surface area contributed by atoms with E-state index in [9.17, 15) is 0 Å². The minimum Gasteiger partial charge on any atom is -0.487 e. The largest absolute Gasteiger partial charge is 0.487 e. The molecule has 0 unspecified atom stereocenters. The Bertz CT molecular complexity index is 1390. The number of fused-ring (bicyclic) bond motifs is 1. The lowest BCUT2D eigenvalue weighted by Gasteiger charge is -2.12. The number of nitrogens with zero attached hydrogens (tertiary/aromatic N) is 4. The SMILES string of the molecule is Cc1ccc(Cc2ccc(/C=C/c3nn[nH]n3)cc2)cc1OCc1ccc2ccccc2n1. The van der Waals surface area contributed by atoms with Crippen LogP contribution in [0.25, 0.3) is 23.1 Å². The minimum atomic E-state index is 0.441. The van der Waals surface area contributed by atoms with Crippen LogP contribution in [-0.4, -0.2) is 25.6 Å². The third-order valence-corrected chi connectivity index (χ3v) is 5.46. The Morgan fingerprint density at radius 3 is 2.58 bits per heavy atom. The Balaban J connectivity index is 1.25. The van der Waals surface area contributed by atoms with Gasteiger partial charge in [-0.3, -0.25) is 0 Å². The van der Waals surface area contributed by atoms with Crippen LogP contribution in [0.4, 0.5) is 0 Å². The molecule has 0 amide bonds. The van der Waals surface area contributed by atoms with Crippen LogP contribution < -0.4 is 4.74 Å². The first-order chi connectivity index (χ1) is 16.2. The second kappa shape index (κ2) is 9.44. The van der Waals surface area contributed by atoms with E-state index in [1.807, 2.05) is 36.4 Å². The summed E-state index contributed by atoms with van der Waals surface area (Å²) in [5, 5.41) is 15.0. The average Bonchev–Trinajstić information content (AvgIpc) is 3.37. The highest BCUT2D eigenvalue weighted by Crippen LogP contribution is 2.23. The molecule has 0 aliphatic heterocycles. The molecule has 2 aromatic heterocycles. The maximum absolute atomic E-state index is 6.15. The second-order valence-corrected chi connectivity index (χ2v) is 7.91. The number of aromatic amines is 1. The number of aryl methyl sites for hydroxylation is 1. The molecule has 6 heteroatoms. The fraction of sp³-hybridized carbons (Fsp3) is 0.111. The maximum atomic E-state index is 6.15. The van der Waals surface area contributed by atoms with Crippen molar-refractivity contribution in [3.05, 3.63) is 113 Å². The molecule has 0 bridgehead atoms. The zero-order chi connectivity index (χ0) is 22.5. The van der Waals surface area contributed by atoms with Crippen molar-refractivity contribution in [1.29, 1.82) is 0 Å². The Hall–Kier alpha value is -4.32. The zero-order valence-corrected chi connectivity index (χ0v) is 18.3. The highest BCUT2D eigenvalue weighted by molar-refractivity contribution is 5.78. The van der Waals surface area contributed by atoms with Crippen LogP contribution in [0, 0.1) is 6.92 Å². The summed E-state index contributed by atoms with van der Waals surface area (Å²) in [6.45, 7) is 2.51. The summed E-state index contributed by atoms with van der Waals surface area (Å²) in [7, 11) is 0. The van der Waals surface area contributed by atoms with Gasteiger partial charge in [-0.2, -0.15) is 5.21 Å². The summed E-state index contributed by atoms with van der Waals surface area (Å²) < 4.78 is 6.15. The average molecular weight is 434 g/mol. The van der Waals surface area contributed by atoms with E-state index >= 15 is 0 Å². The van der Waals surface area contributed by atoms with E-state index in [2.05, 4.69) is 82.1 Å². The molecule has 33 heavy (non-hydrogen) atoms. The first-order valence-electron chi connectivity index (χ1n) is 10.8. The van der Waals surface area contributed by atoms with Crippen molar-refractivity contribution in [2.24, 2.45) is 0 Å². The molecule has 0 radical (unpaired) electrons. The molecule has 5 rings (SSSR count). The number of benzene rings is 3. The Kier molecular flexibility index (Phi) is 5.89. The topological polar surface area (TPSA) is 76.6 Å². The number of H-pyrrole nitrogens is 1. The van der Waals surface area contributed by atoms with E-state index in [-0.39, 0.29) is 0 Å². The van der Waals surface area contributed by atoms with E-state index in [1.54, 1.807) is 0 Å². The van der Waals surface area contributed by atoms with Crippen molar-refractivity contribution >= 4 is 23.1 Å². The molecule has 0 saturated heterocycles. The quantitative estimate of drug-likeness (QED) is 0.372. The van der Waals surface area contributed by atoms with Crippen molar-refractivity contribution in [3.63, 3.8) is 0 Å². The normalized spacial score (nSPS) is 11.3. The lowest BCUT2D eigenvalue weighted by molar-refractivity contribution is 0.299. The van der Waals surface area contributed by atoms with Gasteiger partial charge in [0.2, 0.25) is 0 Å². The number of aromatic nitrogens is 5. The fourth-order valence-electron chi connectivity index (χ4n) is 3.64. The molecular weight excluding hydrogens is 410 g/mol. The molecular formula is C27H23N5O. The van der Waals surface area contributed by atoms with Gasteiger partial charge in [-0.05, 0) is 65.1 Å². The molecule has 162 valence electrons. The first-order valence-corrected chi connectivity index (χ1v) is 10.8. The number of nitrogens with one attached hydrogen (secondary N) is 1. The van der Waals surface area contributed by atoms with Gasteiger partial charge in [0.25, 0.3) is 0 Å². The highest BCUT2D eigenvalue weighted by Gasteiger charge is 2.05. The lowest BCUT2D eigenvalue weighted by atomic mass is 10.0. The van der Waals surface area contributed by atoms with E-state index in [0.29, 0.717) is 12.4 Å². The van der Waals surface area contributed by atoms with Crippen LogP contribution in [0.2, 0.25) is 0 Å². The molecule has 0 atom stereocenters. The number of rotatable bonds is 7. The summed E-state index contributed by atoms with van der Waals surface area (Å²) in [5.74, 6) is 1.45. The third kappa shape index (κ3) is 5.13. The van der Waals surface area contributed by atoms with E-state index in [0.717, 1.165) is 39.9 Å². The Morgan fingerprint density at radius 2 is 1.73 bits per heavy atom. The number of tetrazole rings is 1. The molecule has 0 fully saturated rings. The van der Waals surface area contributed by atoms with Gasteiger partial charge in [-0.25, -0.2) is 4.98 Å². The van der Waals surface area contributed by atoms with Gasteiger partial charge in [0.15, 0.2) is 5.82 Å². The minimum absolute atomic E-state index is 0.441. The van der Waals surface area contributed by atoms with Crippen molar-refractivity contribution < 1.29 is 4.74 Å². The summed E-state index contributed by atoms with van der Waals surface area (Å²) in [4.78, 5) is 4.71. The highest BCUT2D eigenvalue weighted by atomic mass is 16.5. The number of hydrogen-bond donors (Lipinski definition) is 1. The van der Waals surface area contributed by atoms with Gasteiger partial charge in [-0.15, -0.1) is 10.2 Å². The molecule has 6 nitrogen and oxygen atoms in total. The number of pyridine rings is 1. The van der Waals surface area contributed by atoms with Gasteiger partial charge in [0.1, 0.15) is 12.4 Å². The smallest absolute Gasteiger partial charge is 0.197 e. The van der Waals surface area contributed by atoms with Crippen LogP contribution >= 0.6 is 0 Å². The number of hydrogen-bond acceptors (Lipinski definition) is 5. The Labute approximate surface area is 192 Å². The number of ether oxygens (including phenoxy) is 1. The molecule has 3 aromatic carbocycles. The van der Waals surface area contributed by atoms with Crippen LogP contribution in [0.3, 0.4) is 0 Å². The van der Waals surface area contributed by atoms with E-state index < -0.39 is 0 Å². The van der Waals surface area contributed by atoms with Crippen LogP contribution in [0.15, 0.2) is 78.9 Å². The maximum Gasteiger partial charge on any atom is 0.197 e. The molecule has 0 saturated carbocycles. The molecule has 0 aliphatic rings. The van der Waals surface area contributed by atoms with Crippen molar-refractivity contribution in [1.82, 2.24) is 25.6 Å². The predicted molar refractivity (Wildman–Crippen MR) is 130 cm³/mol. The summed E-state index contributed by atoms with van der Waals surface area (Å²) >= 11 is 0. The second-order valence-electron chi connectivity index (χ2n) is 7.91. The van der Waals surface area contributed by atoms with Crippen LogP contribution in [0.1, 0.15) is 33.8 Å². The standard InChI is InChI=1S/C27H23N5O/c1-19-6-7-22(16-21-10-8-20(9-11-21)12-15-27-29-31-32-30-27)17-26(19)33-18-24-14-13-23-4-2-3-5-25(23)28-24/h2-15,17H,16,18H2,1H3,(H,29,30,31,32)/b15-12+. The predicted octanol–water partition coefficient (Wildman–Crippen LogP) is 5.40. The molecule has 0 aliphatic carbocycles. The van der Waals surface area contributed by atoms with E-state index in [1.165, 1.54) is 11.1 Å². The van der Waals surface area contributed by atoms with Gasteiger partial charge < -0.3 is 4.74 Å². The van der Waals surface area contributed by atoms with E-state index in [4.69, 9.17) is 9.72 Å². The molecule has 1 N–H and O–H groups in total.